The second-order valence-corrected chi connectivity index (χ2v) is 5.50. The van der Waals surface area contributed by atoms with Gasteiger partial charge in [0.25, 0.3) is 0 Å². The van der Waals surface area contributed by atoms with Gasteiger partial charge in [-0.1, -0.05) is 44.2 Å². The molecule has 1 fully saturated rings. The van der Waals surface area contributed by atoms with Crippen molar-refractivity contribution in [3.05, 3.63) is 35.9 Å². The van der Waals surface area contributed by atoms with Crippen molar-refractivity contribution in [1.82, 2.24) is 5.32 Å². The largest absolute Gasteiger partial charge is 0.381 e. The van der Waals surface area contributed by atoms with E-state index in [1.807, 2.05) is 0 Å². The molecule has 0 aromatic heterocycles. The number of nitrogens with one attached hydrogen (secondary N) is 1. The third-order valence-electron chi connectivity index (χ3n) is 3.99. The summed E-state index contributed by atoms with van der Waals surface area (Å²) >= 11 is 0. The van der Waals surface area contributed by atoms with E-state index in [0.29, 0.717) is 17.9 Å². The number of hydrogen-bond acceptors (Lipinski definition) is 2. The average molecular weight is 247 g/mol. The second kappa shape index (κ2) is 6.91. The van der Waals surface area contributed by atoms with E-state index in [4.69, 9.17) is 4.74 Å². The molecule has 100 valence electrons. The van der Waals surface area contributed by atoms with Crippen LogP contribution >= 0.6 is 0 Å². The van der Waals surface area contributed by atoms with Crippen molar-refractivity contribution >= 4 is 0 Å². The molecule has 3 atom stereocenters. The maximum Gasteiger partial charge on any atom is 0.0506 e. The zero-order valence-corrected chi connectivity index (χ0v) is 11.6. The fourth-order valence-electron chi connectivity index (χ4n) is 2.62. The van der Waals surface area contributed by atoms with Crippen molar-refractivity contribution in [1.29, 1.82) is 0 Å². The molecular formula is C16H25NO. The van der Waals surface area contributed by atoms with Crippen molar-refractivity contribution in [2.24, 2.45) is 5.92 Å². The summed E-state index contributed by atoms with van der Waals surface area (Å²) < 4.78 is 5.47. The molecule has 1 saturated heterocycles. The lowest BCUT2D eigenvalue weighted by molar-refractivity contribution is 0.0390. The van der Waals surface area contributed by atoms with Crippen LogP contribution in [0.5, 0.6) is 0 Å². The van der Waals surface area contributed by atoms with E-state index in [1.165, 1.54) is 12.0 Å². The maximum absolute atomic E-state index is 5.47. The first kappa shape index (κ1) is 13.6. The van der Waals surface area contributed by atoms with E-state index in [2.05, 4.69) is 49.5 Å². The van der Waals surface area contributed by atoms with Crippen LogP contribution in [0.25, 0.3) is 0 Å². The lowest BCUT2D eigenvalue weighted by atomic mass is 9.95. The molecule has 1 heterocycles. The molecule has 1 aromatic rings. The van der Waals surface area contributed by atoms with Crippen molar-refractivity contribution in [2.75, 3.05) is 19.8 Å². The molecule has 0 spiro atoms. The fourth-order valence-corrected chi connectivity index (χ4v) is 2.62. The first-order valence-electron chi connectivity index (χ1n) is 7.13. The van der Waals surface area contributed by atoms with Crippen LogP contribution < -0.4 is 5.32 Å². The van der Waals surface area contributed by atoms with Gasteiger partial charge in [-0.2, -0.15) is 0 Å². The molecule has 0 bridgehead atoms. The zero-order chi connectivity index (χ0) is 12.8. The van der Waals surface area contributed by atoms with E-state index < -0.39 is 0 Å². The van der Waals surface area contributed by atoms with E-state index >= 15 is 0 Å². The normalized spacial score (nSPS) is 25.9. The van der Waals surface area contributed by atoms with E-state index in [-0.39, 0.29) is 0 Å². The van der Waals surface area contributed by atoms with Gasteiger partial charge >= 0.3 is 0 Å². The van der Waals surface area contributed by atoms with Gasteiger partial charge in [0.1, 0.15) is 0 Å². The van der Waals surface area contributed by atoms with Gasteiger partial charge in [0.05, 0.1) is 6.61 Å². The molecule has 0 saturated carbocycles. The monoisotopic (exact) mass is 247 g/mol. The standard InChI is InChI=1S/C16H25NO/c1-13(15-6-4-3-5-7-15)8-10-17-16-9-11-18-12-14(16)2/h3-7,13-14,16-17H,8-12H2,1-2H3. The summed E-state index contributed by atoms with van der Waals surface area (Å²) in [4.78, 5) is 0. The van der Waals surface area contributed by atoms with Crippen LogP contribution in [-0.2, 0) is 4.74 Å². The molecule has 18 heavy (non-hydrogen) atoms. The van der Waals surface area contributed by atoms with Gasteiger partial charge in [0, 0.05) is 12.6 Å². The van der Waals surface area contributed by atoms with Gasteiger partial charge in [0.2, 0.25) is 0 Å². The van der Waals surface area contributed by atoms with Gasteiger partial charge in [0.15, 0.2) is 0 Å². The zero-order valence-electron chi connectivity index (χ0n) is 11.6. The Hall–Kier alpha value is -0.860. The van der Waals surface area contributed by atoms with Crippen LogP contribution in [0.1, 0.15) is 38.2 Å². The van der Waals surface area contributed by atoms with Crippen molar-refractivity contribution in [3.8, 4) is 0 Å². The topological polar surface area (TPSA) is 21.3 Å². The van der Waals surface area contributed by atoms with Crippen LogP contribution in [0.3, 0.4) is 0 Å². The molecule has 0 radical (unpaired) electrons. The summed E-state index contributed by atoms with van der Waals surface area (Å²) in [5.41, 5.74) is 1.44. The summed E-state index contributed by atoms with van der Waals surface area (Å²) in [7, 11) is 0. The number of ether oxygens (including phenoxy) is 1. The lowest BCUT2D eigenvalue weighted by Gasteiger charge is -2.30. The van der Waals surface area contributed by atoms with Crippen LogP contribution in [0.2, 0.25) is 0 Å². The molecule has 2 nitrogen and oxygen atoms in total. The maximum atomic E-state index is 5.47. The van der Waals surface area contributed by atoms with Gasteiger partial charge in [-0.15, -0.1) is 0 Å². The Morgan fingerprint density at radius 3 is 2.83 bits per heavy atom. The number of benzene rings is 1. The summed E-state index contributed by atoms with van der Waals surface area (Å²) in [5.74, 6) is 1.28. The quantitative estimate of drug-likeness (QED) is 0.862. The average Bonchev–Trinajstić information content (AvgIpc) is 2.42. The Kier molecular flexibility index (Phi) is 5.21. The minimum absolute atomic E-state index is 0.633. The van der Waals surface area contributed by atoms with Crippen molar-refractivity contribution in [3.63, 3.8) is 0 Å². The third-order valence-corrected chi connectivity index (χ3v) is 3.99. The second-order valence-electron chi connectivity index (χ2n) is 5.50. The highest BCUT2D eigenvalue weighted by Gasteiger charge is 2.21. The summed E-state index contributed by atoms with van der Waals surface area (Å²) in [6, 6.07) is 11.4. The molecule has 3 unspecified atom stereocenters. The van der Waals surface area contributed by atoms with Gasteiger partial charge in [-0.3, -0.25) is 0 Å². The molecule has 2 rings (SSSR count). The van der Waals surface area contributed by atoms with Crippen LogP contribution in [-0.4, -0.2) is 25.8 Å². The van der Waals surface area contributed by atoms with Gasteiger partial charge in [-0.05, 0) is 36.8 Å². The molecule has 1 N–H and O–H groups in total. The SMILES string of the molecule is CC(CCNC1CCOCC1C)c1ccccc1. The third kappa shape index (κ3) is 3.82. The van der Waals surface area contributed by atoms with E-state index in [0.717, 1.165) is 26.2 Å². The predicted octanol–water partition coefficient (Wildman–Crippen LogP) is 3.19. The Balaban J connectivity index is 1.71. The Morgan fingerprint density at radius 1 is 1.33 bits per heavy atom. The Morgan fingerprint density at radius 2 is 2.11 bits per heavy atom. The molecular weight excluding hydrogens is 222 g/mol. The minimum atomic E-state index is 0.633. The Labute approximate surface area is 111 Å². The first-order chi connectivity index (χ1) is 8.77. The van der Waals surface area contributed by atoms with Gasteiger partial charge < -0.3 is 10.1 Å². The summed E-state index contributed by atoms with van der Waals surface area (Å²) in [6.07, 6.45) is 2.36. The van der Waals surface area contributed by atoms with E-state index in [1.54, 1.807) is 0 Å². The van der Waals surface area contributed by atoms with Gasteiger partial charge in [-0.25, -0.2) is 0 Å². The minimum Gasteiger partial charge on any atom is -0.381 e. The number of hydrogen-bond donors (Lipinski definition) is 1. The highest BCUT2D eigenvalue weighted by atomic mass is 16.5. The van der Waals surface area contributed by atoms with Crippen molar-refractivity contribution in [2.45, 2.75) is 38.6 Å². The molecule has 0 aliphatic carbocycles. The summed E-state index contributed by atoms with van der Waals surface area (Å²) in [6.45, 7) is 7.51. The highest BCUT2D eigenvalue weighted by Crippen LogP contribution is 2.19. The highest BCUT2D eigenvalue weighted by molar-refractivity contribution is 5.18. The fraction of sp³-hybridized carbons (Fsp3) is 0.625. The number of rotatable bonds is 5. The molecule has 0 amide bonds. The lowest BCUT2D eigenvalue weighted by Crippen LogP contribution is -2.41. The molecule has 2 heteroatoms. The first-order valence-corrected chi connectivity index (χ1v) is 7.13. The molecule has 1 aromatic carbocycles. The van der Waals surface area contributed by atoms with Crippen LogP contribution in [0.4, 0.5) is 0 Å². The Bertz CT molecular complexity index is 338. The van der Waals surface area contributed by atoms with Crippen LogP contribution in [0, 0.1) is 5.92 Å². The summed E-state index contributed by atoms with van der Waals surface area (Å²) in [5, 5.41) is 3.69. The predicted molar refractivity (Wildman–Crippen MR) is 75.9 cm³/mol. The van der Waals surface area contributed by atoms with Crippen LogP contribution in [0.15, 0.2) is 30.3 Å². The molecule has 1 aliphatic rings. The van der Waals surface area contributed by atoms with Crippen molar-refractivity contribution < 1.29 is 4.74 Å². The molecule has 1 aliphatic heterocycles. The smallest absolute Gasteiger partial charge is 0.0506 e. The van der Waals surface area contributed by atoms with E-state index in [9.17, 15) is 0 Å².